The summed E-state index contributed by atoms with van der Waals surface area (Å²) in [5, 5.41) is 4.38. The number of ether oxygens (including phenoxy) is 1. The van der Waals surface area contributed by atoms with Crippen LogP contribution in [0.1, 0.15) is 24.8 Å². The SMILES string of the molecule is NCCCc1cnn(CC2CCCOC2)c1. The van der Waals surface area contributed by atoms with Crippen LogP contribution in [0.4, 0.5) is 0 Å². The molecule has 0 aromatic carbocycles. The summed E-state index contributed by atoms with van der Waals surface area (Å²) < 4.78 is 7.52. The molecule has 1 saturated heterocycles. The molecule has 1 aromatic rings. The predicted molar refractivity (Wildman–Crippen MR) is 63.1 cm³/mol. The number of aromatic nitrogens is 2. The minimum Gasteiger partial charge on any atom is -0.381 e. The highest BCUT2D eigenvalue weighted by molar-refractivity contribution is 5.03. The highest BCUT2D eigenvalue weighted by Crippen LogP contribution is 2.15. The van der Waals surface area contributed by atoms with E-state index < -0.39 is 0 Å². The Balaban J connectivity index is 1.81. The van der Waals surface area contributed by atoms with E-state index in [9.17, 15) is 0 Å². The van der Waals surface area contributed by atoms with Gasteiger partial charge in [-0.05, 0) is 37.8 Å². The van der Waals surface area contributed by atoms with Crippen LogP contribution in [0.5, 0.6) is 0 Å². The van der Waals surface area contributed by atoms with Crippen molar-refractivity contribution < 1.29 is 4.74 Å². The van der Waals surface area contributed by atoms with Crippen molar-refractivity contribution in [3.05, 3.63) is 18.0 Å². The Morgan fingerprint density at radius 1 is 1.56 bits per heavy atom. The Bertz CT molecular complexity index is 305. The molecule has 0 radical (unpaired) electrons. The Morgan fingerprint density at radius 3 is 3.25 bits per heavy atom. The number of hydrogen-bond acceptors (Lipinski definition) is 3. The average molecular weight is 223 g/mol. The molecule has 0 amide bonds. The number of rotatable bonds is 5. The van der Waals surface area contributed by atoms with E-state index in [0.717, 1.165) is 39.1 Å². The fourth-order valence-corrected chi connectivity index (χ4v) is 2.16. The van der Waals surface area contributed by atoms with E-state index in [1.807, 2.05) is 10.9 Å². The van der Waals surface area contributed by atoms with Crippen LogP contribution in [0.15, 0.2) is 12.4 Å². The van der Waals surface area contributed by atoms with Gasteiger partial charge in [-0.3, -0.25) is 4.68 Å². The van der Waals surface area contributed by atoms with Crippen LogP contribution < -0.4 is 5.73 Å². The number of nitrogens with zero attached hydrogens (tertiary/aromatic N) is 2. The van der Waals surface area contributed by atoms with Crippen LogP contribution in [-0.4, -0.2) is 29.5 Å². The lowest BCUT2D eigenvalue weighted by atomic mass is 10.0. The Morgan fingerprint density at radius 2 is 2.50 bits per heavy atom. The van der Waals surface area contributed by atoms with E-state index in [-0.39, 0.29) is 0 Å². The summed E-state index contributed by atoms with van der Waals surface area (Å²) in [5.74, 6) is 0.635. The van der Waals surface area contributed by atoms with Crippen LogP contribution in [-0.2, 0) is 17.7 Å². The summed E-state index contributed by atoms with van der Waals surface area (Å²) in [5.41, 5.74) is 6.78. The van der Waals surface area contributed by atoms with E-state index in [4.69, 9.17) is 10.5 Å². The van der Waals surface area contributed by atoms with Gasteiger partial charge in [0, 0.05) is 25.3 Å². The highest BCUT2D eigenvalue weighted by atomic mass is 16.5. The average Bonchev–Trinajstić information content (AvgIpc) is 2.75. The van der Waals surface area contributed by atoms with Crippen molar-refractivity contribution in [3.63, 3.8) is 0 Å². The smallest absolute Gasteiger partial charge is 0.0521 e. The minimum absolute atomic E-state index is 0.635. The van der Waals surface area contributed by atoms with Gasteiger partial charge in [-0.15, -0.1) is 0 Å². The molecule has 0 spiro atoms. The van der Waals surface area contributed by atoms with Crippen molar-refractivity contribution in [1.82, 2.24) is 9.78 Å². The van der Waals surface area contributed by atoms with E-state index in [1.165, 1.54) is 18.4 Å². The van der Waals surface area contributed by atoms with E-state index in [2.05, 4.69) is 11.3 Å². The molecule has 1 fully saturated rings. The molecule has 1 unspecified atom stereocenters. The zero-order valence-corrected chi connectivity index (χ0v) is 9.77. The third kappa shape index (κ3) is 3.32. The predicted octanol–water partition coefficient (Wildman–Crippen LogP) is 1.20. The maximum absolute atomic E-state index is 5.49. The summed E-state index contributed by atoms with van der Waals surface area (Å²) in [4.78, 5) is 0. The summed E-state index contributed by atoms with van der Waals surface area (Å²) in [6, 6.07) is 0. The first kappa shape index (κ1) is 11.6. The lowest BCUT2D eigenvalue weighted by Gasteiger charge is -2.21. The van der Waals surface area contributed by atoms with Crippen LogP contribution >= 0.6 is 0 Å². The monoisotopic (exact) mass is 223 g/mol. The molecule has 1 aromatic heterocycles. The van der Waals surface area contributed by atoms with Crippen molar-refractivity contribution in [2.75, 3.05) is 19.8 Å². The topological polar surface area (TPSA) is 53.1 Å². The second-order valence-corrected chi connectivity index (χ2v) is 4.55. The third-order valence-corrected chi connectivity index (χ3v) is 3.06. The van der Waals surface area contributed by atoms with Gasteiger partial charge >= 0.3 is 0 Å². The lowest BCUT2D eigenvalue weighted by molar-refractivity contribution is 0.0470. The summed E-state index contributed by atoms with van der Waals surface area (Å²) in [6.45, 7) is 3.56. The Hall–Kier alpha value is -0.870. The molecule has 0 aliphatic carbocycles. The molecule has 2 heterocycles. The van der Waals surface area contributed by atoms with Gasteiger partial charge in [-0.2, -0.15) is 5.10 Å². The normalized spacial score (nSPS) is 21.2. The van der Waals surface area contributed by atoms with E-state index >= 15 is 0 Å². The molecule has 1 atom stereocenters. The van der Waals surface area contributed by atoms with Crippen molar-refractivity contribution in [2.45, 2.75) is 32.2 Å². The molecule has 0 bridgehead atoms. The van der Waals surface area contributed by atoms with Gasteiger partial charge in [0.05, 0.1) is 12.8 Å². The lowest BCUT2D eigenvalue weighted by Crippen LogP contribution is -2.22. The van der Waals surface area contributed by atoms with Crippen LogP contribution in [0.25, 0.3) is 0 Å². The number of hydrogen-bond donors (Lipinski definition) is 1. The zero-order chi connectivity index (χ0) is 11.2. The first-order valence-electron chi connectivity index (χ1n) is 6.17. The van der Waals surface area contributed by atoms with Crippen LogP contribution in [0, 0.1) is 5.92 Å². The van der Waals surface area contributed by atoms with Crippen molar-refractivity contribution >= 4 is 0 Å². The Kier molecular flexibility index (Phi) is 4.36. The second-order valence-electron chi connectivity index (χ2n) is 4.55. The maximum Gasteiger partial charge on any atom is 0.0521 e. The van der Waals surface area contributed by atoms with Gasteiger partial charge in [-0.25, -0.2) is 0 Å². The van der Waals surface area contributed by atoms with Gasteiger partial charge in [-0.1, -0.05) is 0 Å². The van der Waals surface area contributed by atoms with Gasteiger partial charge in [0.2, 0.25) is 0 Å². The molecule has 4 nitrogen and oxygen atoms in total. The molecular formula is C12H21N3O. The van der Waals surface area contributed by atoms with Gasteiger partial charge in [0.1, 0.15) is 0 Å². The van der Waals surface area contributed by atoms with Gasteiger partial charge in [0.15, 0.2) is 0 Å². The van der Waals surface area contributed by atoms with E-state index in [1.54, 1.807) is 0 Å². The summed E-state index contributed by atoms with van der Waals surface area (Å²) >= 11 is 0. The molecule has 1 aliphatic rings. The minimum atomic E-state index is 0.635. The largest absolute Gasteiger partial charge is 0.381 e. The van der Waals surface area contributed by atoms with Crippen LogP contribution in [0.3, 0.4) is 0 Å². The van der Waals surface area contributed by atoms with Gasteiger partial charge < -0.3 is 10.5 Å². The molecule has 90 valence electrons. The number of nitrogens with two attached hydrogens (primary N) is 1. The van der Waals surface area contributed by atoms with Crippen molar-refractivity contribution in [1.29, 1.82) is 0 Å². The van der Waals surface area contributed by atoms with Crippen LogP contribution in [0.2, 0.25) is 0 Å². The quantitative estimate of drug-likeness (QED) is 0.816. The molecule has 4 heteroatoms. The fourth-order valence-electron chi connectivity index (χ4n) is 2.16. The second kappa shape index (κ2) is 6.01. The third-order valence-electron chi connectivity index (χ3n) is 3.06. The summed E-state index contributed by atoms with van der Waals surface area (Å²) in [7, 11) is 0. The van der Waals surface area contributed by atoms with Crippen molar-refractivity contribution in [3.8, 4) is 0 Å². The molecule has 16 heavy (non-hydrogen) atoms. The molecular weight excluding hydrogens is 202 g/mol. The zero-order valence-electron chi connectivity index (χ0n) is 9.77. The summed E-state index contributed by atoms with van der Waals surface area (Å²) in [6.07, 6.45) is 8.63. The van der Waals surface area contributed by atoms with E-state index in [0.29, 0.717) is 5.92 Å². The molecule has 0 saturated carbocycles. The van der Waals surface area contributed by atoms with Crippen molar-refractivity contribution in [2.24, 2.45) is 11.7 Å². The first-order chi connectivity index (χ1) is 7.88. The Labute approximate surface area is 96.8 Å². The maximum atomic E-state index is 5.49. The number of aryl methyl sites for hydroxylation is 1. The molecule has 1 aliphatic heterocycles. The molecule has 2 N–H and O–H groups in total. The first-order valence-corrected chi connectivity index (χ1v) is 6.17. The standard InChI is InChI=1S/C12H21N3O/c13-5-1-3-11-7-14-15(8-11)9-12-4-2-6-16-10-12/h7-8,12H,1-6,9-10,13H2. The highest BCUT2D eigenvalue weighted by Gasteiger charge is 2.14. The molecule has 2 rings (SSSR count). The fraction of sp³-hybridized carbons (Fsp3) is 0.750. The van der Waals surface area contributed by atoms with Gasteiger partial charge in [0.25, 0.3) is 0 Å².